The lowest BCUT2D eigenvalue weighted by molar-refractivity contribution is 0.170. The fraction of sp³-hybridized carbons (Fsp3) is 0.389. The van der Waals surface area contributed by atoms with E-state index in [0.717, 1.165) is 31.0 Å². The van der Waals surface area contributed by atoms with E-state index in [4.69, 9.17) is 9.47 Å². The normalized spacial score (nSPS) is 14.2. The predicted octanol–water partition coefficient (Wildman–Crippen LogP) is 1.76. The molecule has 2 aromatic rings. The summed E-state index contributed by atoms with van der Waals surface area (Å²) in [4.78, 5) is 4.43. The molecule has 0 spiro atoms. The second kappa shape index (κ2) is 7.99. The average Bonchev–Trinajstić information content (AvgIpc) is 2.65. The maximum atomic E-state index is 10.3. The van der Waals surface area contributed by atoms with Crippen molar-refractivity contribution in [1.82, 2.24) is 10.3 Å². The number of pyridine rings is 1. The van der Waals surface area contributed by atoms with Gasteiger partial charge in [0.25, 0.3) is 0 Å². The number of aromatic nitrogens is 1. The Hall–Kier alpha value is -2.31. The summed E-state index contributed by atoms with van der Waals surface area (Å²) in [6.45, 7) is 2.63. The number of nitrogens with one attached hydrogen (secondary N) is 2. The molecule has 3 rings (SSSR count). The van der Waals surface area contributed by atoms with Crippen LogP contribution in [-0.2, 0) is 6.42 Å². The molecular weight excluding hydrogens is 306 g/mol. The smallest absolute Gasteiger partial charge is 0.169 e. The van der Waals surface area contributed by atoms with Crippen LogP contribution < -0.4 is 20.1 Å². The number of aliphatic hydroxyl groups is 1. The lowest BCUT2D eigenvalue weighted by Gasteiger charge is -2.20. The van der Waals surface area contributed by atoms with Gasteiger partial charge in [-0.3, -0.25) is 0 Å². The zero-order valence-electron chi connectivity index (χ0n) is 13.8. The van der Waals surface area contributed by atoms with Crippen molar-refractivity contribution in [1.29, 1.82) is 0 Å². The number of benzene rings is 1. The van der Waals surface area contributed by atoms with E-state index < -0.39 is 6.10 Å². The van der Waals surface area contributed by atoms with E-state index in [1.165, 1.54) is 5.56 Å². The highest BCUT2D eigenvalue weighted by atomic mass is 16.5. The molecule has 1 aromatic heterocycles. The molecule has 6 heteroatoms. The van der Waals surface area contributed by atoms with Crippen LogP contribution in [-0.4, -0.2) is 43.4 Å². The molecule has 3 N–H and O–H groups in total. The maximum absolute atomic E-state index is 10.3. The average molecular weight is 329 g/mol. The largest absolute Gasteiger partial charge is 0.497 e. The Kier molecular flexibility index (Phi) is 5.51. The fourth-order valence-electron chi connectivity index (χ4n) is 2.59. The highest BCUT2D eigenvalue weighted by Crippen LogP contribution is 2.26. The predicted molar refractivity (Wildman–Crippen MR) is 92.7 cm³/mol. The summed E-state index contributed by atoms with van der Waals surface area (Å²) in [5.41, 5.74) is 1.87. The molecule has 1 aliphatic rings. The number of hydrogen-bond acceptors (Lipinski definition) is 6. The van der Waals surface area contributed by atoms with Gasteiger partial charge < -0.3 is 25.2 Å². The van der Waals surface area contributed by atoms with Crippen molar-refractivity contribution in [3.8, 4) is 11.5 Å². The lowest BCUT2D eigenvalue weighted by atomic mass is 10.1. The molecule has 24 heavy (non-hydrogen) atoms. The SMILES string of the molecule is COc1ccc(CCNC[C@H](O)c2ccc3c(n2)NCCO3)cc1. The number of methoxy groups -OCH3 is 1. The first-order chi connectivity index (χ1) is 11.8. The van der Waals surface area contributed by atoms with Crippen molar-refractivity contribution < 1.29 is 14.6 Å². The minimum atomic E-state index is -0.644. The van der Waals surface area contributed by atoms with Gasteiger partial charge in [-0.15, -0.1) is 0 Å². The first-order valence-electron chi connectivity index (χ1n) is 8.15. The van der Waals surface area contributed by atoms with Crippen LogP contribution in [0.3, 0.4) is 0 Å². The maximum Gasteiger partial charge on any atom is 0.169 e. The van der Waals surface area contributed by atoms with Gasteiger partial charge in [0.15, 0.2) is 11.6 Å². The molecule has 6 nitrogen and oxygen atoms in total. The van der Waals surface area contributed by atoms with Gasteiger partial charge in [-0.1, -0.05) is 12.1 Å². The monoisotopic (exact) mass is 329 g/mol. The van der Waals surface area contributed by atoms with Gasteiger partial charge in [0.1, 0.15) is 18.5 Å². The van der Waals surface area contributed by atoms with Crippen LogP contribution in [0.2, 0.25) is 0 Å². The Morgan fingerprint density at radius 1 is 1.29 bits per heavy atom. The molecule has 1 atom stereocenters. The lowest BCUT2D eigenvalue weighted by Crippen LogP contribution is -2.25. The van der Waals surface area contributed by atoms with Crippen LogP contribution in [0, 0.1) is 0 Å². The summed E-state index contributed by atoms with van der Waals surface area (Å²) in [6, 6.07) is 11.7. The molecule has 0 bridgehead atoms. The van der Waals surface area contributed by atoms with Crippen LogP contribution >= 0.6 is 0 Å². The number of anilines is 1. The van der Waals surface area contributed by atoms with Crippen molar-refractivity contribution >= 4 is 5.82 Å². The highest BCUT2D eigenvalue weighted by molar-refractivity contribution is 5.52. The van der Waals surface area contributed by atoms with Crippen molar-refractivity contribution in [2.45, 2.75) is 12.5 Å². The quantitative estimate of drug-likeness (QED) is 0.672. The van der Waals surface area contributed by atoms with Crippen LogP contribution in [0.15, 0.2) is 36.4 Å². The van der Waals surface area contributed by atoms with E-state index >= 15 is 0 Å². The van der Waals surface area contributed by atoms with Gasteiger partial charge in [-0.2, -0.15) is 0 Å². The van der Waals surface area contributed by atoms with Crippen molar-refractivity contribution in [3.05, 3.63) is 47.7 Å². The van der Waals surface area contributed by atoms with Gasteiger partial charge >= 0.3 is 0 Å². The molecule has 0 unspecified atom stereocenters. The van der Waals surface area contributed by atoms with Crippen molar-refractivity contribution in [2.75, 3.05) is 38.7 Å². The van der Waals surface area contributed by atoms with Gasteiger partial charge in [-0.05, 0) is 42.8 Å². The molecule has 0 radical (unpaired) electrons. The Balaban J connectivity index is 1.46. The summed E-state index contributed by atoms with van der Waals surface area (Å²) in [7, 11) is 1.66. The van der Waals surface area contributed by atoms with Crippen LogP contribution in [0.1, 0.15) is 17.4 Å². The molecular formula is C18H23N3O3. The van der Waals surface area contributed by atoms with Gasteiger partial charge in [0.2, 0.25) is 0 Å². The minimum Gasteiger partial charge on any atom is -0.497 e. The number of aliphatic hydroxyl groups excluding tert-OH is 1. The molecule has 1 aliphatic heterocycles. The van der Waals surface area contributed by atoms with E-state index in [-0.39, 0.29) is 0 Å². The molecule has 0 saturated carbocycles. The summed E-state index contributed by atoms with van der Waals surface area (Å²) in [6.07, 6.45) is 0.249. The number of rotatable bonds is 7. The fourth-order valence-corrected chi connectivity index (χ4v) is 2.59. The summed E-state index contributed by atoms with van der Waals surface area (Å²) < 4.78 is 10.6. The molecule has 0 saturated heterocycles. The van der Waals surface area contributed by atoms with Gasteiger partial charge in [0.05, 0.1) is 19.3 Å². The van der Waals surface area contributed by atoms with Crippen LogP contribution in [0.4, 0.5) is 5.82 Å². The van der Waals surface area contributed by atoms with E-state index in [0.29, 0.717) is 24.7 Å². The zero-order valence-corrected chi connectivity index (χ0v) is 13.8. The van der Waals surface area contributed by atoms with Gasteiger partial charge in [0, 0.05) is 6.54 Å². The standard InChI is InChI=1S/C18H23N3O3/c1-23-14-4-2-13(3-5-14)8-9-19-12-16(22)15-6-7-17-18(21-15)20-10-11-24-17/h2-7,16,19,22H,8-12H2,1H3,(H,20,21)/t16-/m0/s1. The highest BCUT2D eigenvalue weighted by Gasteiger charge is 2.15. The van der Waals surface area contributed by atoms with E-state index in [2.05, 4.69) is 15.6 Å². The third-order valence-corrected chi connectivity index (χ3v) is 3.96. The molecule has 128 valence electrons. The molecule has 0 amide bonds. The van der Waals surface area contributed by atoms with Crippen molar-refractivity contribution in [3.63, 3.8) is 0 Å². The molecule has 1 aromatic carbocycles. The third-order valence-electron chi connectivity index (χ3n) is 3.96. The Labute approximate surface area is 141 Å². The number of hydrogen-bond donors (Lipinski definition) is 3. The molecule has 2 heterocycles. The molecule has 0 aliphatic carbocycles. The summed E-state index contributed by atoms with van der Waals surface area (Å²) in [5, 5.41) is 16.7. The Morgan fingerprint density at radius 2 is 2.12 bits per heavy atom. The van der Waals surface area contributed by atoms with E-state index in [9.17, 15) is 5.11 Å². The van der Waals surface area contributed by atoms with Crippen LogP contribution in [0.5, 0.6) is 11.5 Å². The third kappa shape index (κ3) is 4.15. The van der Waals surface area contributed by atoms with Crippen LogP contribution in [0.25, 0.3) is 0 Å². The van der Waals surface area contributed by atoms with Gasteiger partial charge in [-0.25, -0.2) is 4.98 Å². The summed E-state index contributed by atoms with van der Waals surface area (Å²) in [5.74, 6) is 2.30. The van der Waals surface area contributed by atoms with E-state index in [1.807, 2.05) is 36.4 Å². The second-order valence-electron chi connectivity index (χ2n) is 5.68. The Bertz CT molecular complexity index is 661. The second-order valence-corrected chi connectivity index (χ2v) is 5.68. The number of nitrogens with zero attached hydrogens (tertiary/aromatic N) is 1. The zero-order chi connectivity index (χ0) is 16.8. The first-order valence-corrected chi connectivity index (χ1v) is 8.15. The topological polar surface area (TPSA) is 75.6 Å². The number of ether oxygens (including phenoxy) is 2. The van der Waals surface area contributed by atoms with E-state index in [1.54, 1.807) is 7.11 Å². The first kappa shape index (κ1) is 16.5. The van der Waals surface area contributed by atoms with Crippen molar-refractivity contribution in [2.24, 2.45) is 0 Å². The summed E-state index contributed by atoms with van der Waals surface area (Å²) >= 11 is 0. The minimum absolute atomic E-state index is 0.461. The molecule has 0 fully saturated rings. The number of fused-ring (bicyclic) bond motifs is 1. The Morgan fingerprint density at radius 3 is 2.92 bits per heavy atom.